The second-order valence-corrected chi connectivity index (χ2v) is 5.85. The van der Waals surface area contributed by atoms with Crippen LogP contribution in [0.15, 0.2) is 65.1 Å². The molecule has 0 bridgehead atoms. The molecule has 0 aliphatic rings. The van der Waals surface area contributed by atoms with Gasteiger partial charge in [0.2, 0.25) is 0 Å². The Hall–Kier alpha value is -1.84. The fraction of sp³-hybridized carbons (Fsp3) is 0.111. The number of halogens is 1. The van der Waals surface area contributed by atoms with Gasteiger partial charge in [0.1, 0.15) is 11.5 Å². The highest BCUT2D eigenvalue weighted by Gasteiger charge is 2.01. The van der Waals surface area contributed by atoms with Crippen LogP contribution in [0.1, 0.15) is 5.56 Å². The van der Waals surface area contributed by atoms with E-state index in [-0.39, 0.29) is 0 Å². The molecule has 0 aliphatic carbocycles. The summed E-state index contributed by atoms with van der Waals surface area (Å²) in [4.78, 5) is 0. The highest BCUT2D eigenvalue weighted by atomic mass is 79.9. The van der Waals surface area contributed by atoms with Gasteiger partial charge in [0.05, 0.1) is 0 Å². The molecule has 3 heteroatoms. The average molecular weight is 342 g/mol. The van der Waals surface area contributed by atoms with E-state index in [0.717, 1.165) is 27.8 Å². The van der Waals surface area contributed by atoms with E-state index in [0.29, 0.717) is 6.54 Å². The van der Waals surface area contributed by atoms with Gasteiger partial charge in [-0.1, -0.05) is 40.2 Å². The van der Waals surface area contributed by atoms with Gasteiger partial charge in [-0.25, -0.2) is 0 Å². The summed E-state index contributed by atoms with van der Waals surface area (Å²) in [6, 6.07) is 20.4. The third kappa shape index (κ3) is 3.43. The van der Waals surface area contributed by atoms with Crippen LogP contribution < -0.4 is 10.5 Å². The van der Waals surface area contributed by atoms with Crippen molar-refractivity contribution < 1.29 is 4.74 Å². The van der Waals surface area contributed by atoms with E-state index in [2.05, 4.69) is 52.3 Å². The third-order valence-corrected chi connectivity index (χ3v) is 3.86. The standard InChI is InChI=1S/C18H16BrNO/c19-16-5-3-15-12-18(8-4-14(15)11-16)21-17-6-1-13(2-7-17)9-10-20/h1-8,11-12H,9-10,20H2. The molecule has 0 saturated heterocycles. The second kappa shape index (κ2) is 6.29. The Labute approximate surface area is 132 Å². The van der Waals surface area contributed by atoms with Crippen LogP contribution in [0.3, 0.4) is 0 Å². The summed E-state index contributed by atoms with van der Waals surface area (Å²) < 4.78 is 6.99. The lowest BCUT2D eigenvalue weighted by molar-refractivity contribution is 0.483. The predicted octanol–water partition coefficient (Wildman–Crippen LogP) is 4.90. The maximum Gasteiger partial charge on any atom is 0.128 e. The Morgan fingerprint density at radius 3 is 2.24 bits per heavy atom. The monoisotopic (exact) mass is 341 g/mol. The molecule has 0 fully saturated rings. The highest BCUT2D eigenvalue weighted by molar-refractivity contribution is 9.10. The molecule has 3 rings (SSSR count). The number of fused-ring (bicyclic) bond motifs is 1. The van der Waals surface area contributed by atoms with Crippen molar-refractivity contribution >= 4 is 26.7 Å². The molecular formula is C18H16BrNO. The van der Waals surface area contributed by atoms with Crippen molar-refractivity contribution in [2.45, 2.75) is 6.42 Å². The first kappa shape index (κ1) is 14.1. The minimum absolute atomic E-state index is 0.667. The van der Waals surface area contributed by atoms with Crippen LogP contribution in [-0.4, -0.2) is 6.54 Å². The normalized spacial score (nSPS) is 10.8. The first-order chi connectivity index (χ1) is 10.2. The van der Waals surface area contributed by atoms with Gasteiger partial charge in [-0.2, -0.15) is 0 Å². The topological polar surface area (TPSA) is 35.2 Å². The summed E-state index contributed by atoms with van der Waals surface area (Å²) in [6.07, 6.45) is 0.894. The minimum atomic E-state index is 0.667. The molecule has 0 amide bonds. The number of ether oxygens (including phenoxy) is 1. The van der Waals surface area contributed by atoms with Crippen molar-refractivity contribution in [2.24, 2.45) is 5.73 Å². The zero-order chi connectivity index (χ0) is 14.7. The molecule has 0 saturated carbocycles. The van der Waals surface area contributed by atoms with Crippen LogP contribution in [0.25, 0.3) is 10.8 Å². The molecule has 0 aliphatic heterocycles. The summed E-state index contributed by atoms with van der Waals surface area (Å²) in [5, 5.41) is 2.35. The van der Waals surface area contributed by atoms with Crippen LogP contribution in [0.5, 0.6) is 11.5 Å². The Morgan fingerprint density at radius 2 is 1.48 bits per heavy atom. The van der Waals surface area contributed by atoms with Gasteiger partial charge >= 0.3 is 0 Å². The highest BCUT2D eigenvalue weighted by Crippen LogP contribution is 2.27. The molecule has 3 aromatic carbocycles. The van der Waals surface area contributed by atoms with Crippen LogP contribution in [-0.2, 0) is 6.42 Å². The van der Waals surface area contributed by atoms with E-state index >= 15 is 0 Å². The molecule has 0 spiro atoms. The molecule has 3 aromatic rings. The Bertz CT molecular complexity index is 753. The zero-order valence-corrected chi connectivity index (χ0v) is 13.1. The summed E-state index contributed by atoms with van der Waals surface area (Å²) in [6.45, 7) is 0.667. The summed E-state index contributed by atoms with van der Waals surface area (Å²) in [5.41, 5.74) is 6.78. The van der Waals surface area contributed by atoms with Crippen LogP contribution in [0, 0.1) is 0 Å². The minimum Gasteiger partial charge on any atom is -0.457 e. The van der Waals surface area contributed by atoms with Gasteiger partial charge in [0.25, 0.3) is 0 Å². The number of rotatable bonds is 4. The maximum absolute atomic E-state index is 5.91. The lowest BCUT2D eigenvalue weighted by atomic mass is 10.1. The predicted molar refractivity (Wildman–Crippen MR) is 90.9 cm³/mol. The fourth-order valence-electron chi connectivity index (χ4n) is 2.29. The van der Waals surface area contributed by atoms with Crippen molar-refractivity contribution in [1.82, 2.24) is 0 Å². The van der Waals surface area contributed by atoms with Gasteiger partial charge in [-0.05, 0) is 65.7 Å². The summed E-state index contributed by atoms with van der Waals surface area (Å²) in [5.74, 6) is 1.68. The van der Waals surface area contributed by atoms with Crippen molar-refractivity contribution in [2.75, 3.05) is 6.54 Å². The molecule has 21 heavy (non-hydrogen) atoms. The lowest BCUT2D eigenvalue weighted by Crippen LogP contribution is -2.02. The van der Waals surface area contributed by atoms with Gasteiger partial charge in [0.15, 0.2) is 0 Å². The molecule has 0 unspecified atom stereocenters. The number of hydrogen-bond donors (Lipinski definition) is 1. The van der Waals surface area contributed by atoms with Crippen LogP contribution >= 0.6 is 15.9 Å². The van der Waals surface area contributed by atoms with E-state index in [4.69, 9.17) is 10.5 Å². The summed E-state index contributed by atoms with van der Waals surface area (Å²) >= 11 is 3.48. The van der Waals surface area contributed by atoms with Crippen molar-refractivity contribution in [3.05, 3.63) is 70.7 Å². The quantitative estimate of drug-likeness (QED) is 0.732. The molecular weight excluding hydrogens is 326 g/mol. The number of hydrogen-bond acceptors (Lipinski definition) is 2. The lowest BCUT2D eigenvalue weighted by Gasteiger charge is -2.08. The van der Waals surface area contributed by atoms with Gasteiger partial charge in [-0.15, -0.1) is 0 Å². The first-order valence-electron chi connectivity index (χ1n) is 6.91. The van der Waals surface area contributed by atoms with Gasteiger partial charge < -0.3 is 10.5 Å². The molecule has 0 aromatic heterocycles. The Kier molecular flexibility index (Phi) is 4.23. The first-order valence-corrected chi connectivity index (χ1v) is 7.70. The van der Waals surface area contributed by atoms with Crippen LogP contribution in [0.2, 0.25) is 0 Å². The van der Waals surface area contributed by atoms with Gasteiger partial charge in [0, 0.05) is 4.47 Å². The smallest absolute Gasteiger partial charge is 0.128 e. The maximum atomic E-state index is 5.91. The third-order valence-electron chi connectivity index (χ3n) is 3.37. The molecule has 0 radical (unpaired) electrons. The molecule has 0 atom stereocenters. The fourth-order valence-corrected chi connectivity index (χ4v) is 2.66. The average Bonchev–Trinajstić information content (AvgIpc) is 2.50. The van der Waals surface area contributed by atoms with Crippen molar-refractivity contribution in [3.63, 3.8) is 0 Å². The second-order valence-electron chi connectivity index (χ2n) is 4.94. The van der Waals surface area contributed by atoms with Gasteiger partial charge in [-0.3, -0.25) is 0 Å². The number of benzene rings is 3. The van der Waals surface area contributed by atoms with E-state index in [1.807, 2.05) is 24.3 Å². The Balaban J connectivity index is 1.82. The SMILES string of the molecule is NCCc1ccc(Oc2ccc3cc(Br)ccc3c2)cc1. The largest absolute Gasteiger partial charge is 0.457 e. The Morgan fingerprint density at radius 1 is 0.810 bits per heavy atom. The van der Waals surface area contributed by atoms with Crippen LogP contribution in [0.4, 0.5) is 0 Å². The zero-order valence-electron chi connectivity index (χ0n) is 11.6. The molecule has 2 nitrogen and oxygen atoms in total. The van der Waals surface area contributed by atoms with E-state index in [9.17, 15) is 0 Å². The molecule has 2 N–H and O–H groups in total. The van der Waals surface area contributed by atoms with E-state index in [1.54, 1.807) is 0 Å². The number of nitrogens with two attached hydrogens (primary N) is 1. The van der Waals surface area contributed by atoms with E-state index < -0.39 is 0 Å². The summed E-state index contributed by atoms with van der Waals surface area (Å²) in [7, 11) is 0. The molecule has 106 valence electrons. The van der Waals surface area contributed by atoms with Crippen molar-refractivity contribution in [1.29, 1.82) is 0 Å². The van der Waals surface area contributed by atoms with E-state index in [1.165, 1.54) is 10.9 Å². The molecule has 0 heterocycles. The van der Waals surface area contributed by atoms with Crippen molar-refractivity contribution in [3.8, 4) is 11.5 Å².